The van der Waals surface area contributed by atoms with Gasteiger partial charge < -0.3 is 45.8 Å². The van der Waals surface area contributed by atoms with Crippen LogP contribution in [0.1, 0.15) is 148 Å². The number of esters is 5. The number of quaternary nitrogens is 2. The average molecular weight is 1160 g/mol. The molecule has 1 heterocycles. The van der Waals surface area contributed by atoms with Crippen LogP contribution < -0.4 is 22.1 Å². The van der Waals surface area contributed by atoms with E-state index in [1.807, 2.05) is 84.9 Å². The number of alkyl carbamates (subject to hydrolysis) is 1. The molecule has 2 aliphatic carbocycles. The Hall–Kier alpha value is -8.47. The zero-order valence-corrected chi connectivity index (χ0v) is 48.7. The van der Waals surface area contributed by atoms with Gasteiger partial charge in [0.2, 0.25) is 0 Å². The van der Waals surface area contributed by atoms with Gasteiger partial charge in [-0.2, -0.15) is 0 Å². The largest absolute Gasteiger partial charge is 0.465 e. The van der Waals surface area contributed by atoms with Gasteiger partial charge in [-0.1, -0.05) is 190 Å². The highest BCUT2D eigenvalue weighted by molar-refractivity contribution is 5.95. The fourth-order valence-electron chi connectivity index (χ4n) is 10.5. The zero-order valence-electron chi connectivity index (χ0n) is 48.7. The van der Waals surface area contributed by atoms with E-state index < -0.39 is 30.1 Å². The maximum Gasteiger partial charge on any atom is 0.415 e. The Morgan fingerprint density at radius 1 is 0.471 bits per heavy atom. The third-order valence-corrected chi connectivity index (χ3v) is 15.2. The number of benzene rings is 6. The number of amides is 2. The van der Waals surface area contributed by atoms with Gasteiger partial charge in [-0.3, -0.25) is 24.0 Å². The number of carbonyl (C=O) groups excluding carboxylic acids is 7. The topological polar surface area (TPSA) is 245 Å². The van der Waals surface area contributed by atoms with Crippen LogP contribution in [0.4, 0.5) is 4.79 Å². The molecule has 2 amide bonds. The van der Waals surface area contributed by atoms with Gasteiger partial charge in [0.05, 0.1) is 13.0 Å². The lowest BCUT2D eigenvalue weighted by Crippen LogP contribution is -2.67. The highest BCUT2D eigenvalue weighted by atomic mass is 16.6. The number of unbranched alkanes of at least 4 members (excludes halogenated alkanes) is 8. The Labute approximate surface area is 498 Å². The minimum absolute atomic E-state index is 0.0485. The van der Waals surface area contributed by atoms with Gasteiger partial charge in [0.25, 0.3) is 5.91 Å². The number of nitrogens with one attached hydrogen (secondary N) is 2. The second-order valence-corrected chi connectivity index (χ2v) is 21.5. The number of carbonyl (C=O) groups is 7. The minimum Gasteiger partial charge on any atom is -0.465 e. The highest BCUT2D eigenvalue weighted by Gasteiger charge is 2.33. The van der Waals surface area contributed by atoms with Crippen molar-refractivity contribution in [2.75, 3.05) is 26.3 Å². The molecular weight excluding hydrogens is 1080 g/mol. The maximum absolute atomic E-state index is 12.4. The SMILES string of the molecule is O=C(CC[C@@H]1NC(=O)OC1=O)OCc1ccccc1.[NH3+]CCCCCCCC(=O)OCC1c2ccccc2-c2ccccc21.[NH3+][C@@H](CCC(=O)OCc1ccccc1)C(=O)NCCCCCCCC(=O)OCC1c2ccccc2-c2ccccc21. The van der Waals surface area contributed by atoms with Crippen LogP contribution in [0.5, 0.6) is 0 Å². The average Bonchev–Trinajstić information content (AvgIpc) is 3.65. The number of hydrogen-bond donors (Lipinski definition) is 4. The van der Waals surface area contributed by atoms with Crippen molar-refractivity contribution in [1.29, 1.82) is 0 Å². The normalized spacial score (nSPS) is 13.8. The third kappa shape index (κ3) is 20.7. The summed E-state index contributed by atoms with van der Waals surface area (Å²) in [6.45, 7) is 2.83. The zero-order chi connectivity index (χ0) is 60.0. The molecule has 6 aromatic carbocycles. The van der Waals surface area contributed by atoms with E-state index in [0.717, 1.165) is 62.6 Å². The summed E-state index contributed by atoms with van der Waals surface area (Å²) in [5, 5.41) is 5.22. The molecule has 9 rings (SSSR count). The maximum atomic E-state index is 12.4. The van der Waals surface area contributed by atoms with E-state index in [1.165, 1.54) is 63.8 Å². The molecule has 8 N–H and O–H groups in total. The quantitative estimate of drug-likeness (QED) is 0.0142. The van der Waals surface area contributed by atoms with Crippen LogP contribution in [0, 0.1) is 0 Å². The summed E-state index contributed by atoms with van der Waals surface area (Å²) in [6, 6.07) is 51.1. The van der Waals surface area contributed by atoms with Crippen LogP contribution in [0.15, 0.2) is 158 Å². The molecule has 0 spiro atoms. The van der Waals surface area contributed by atoms with Crippen LogP contribution in [0.25, 0.3) is 22.3 Å². The molecule has 448 valence electrons. The van der Waals surface area contributed by atoms with E-state index in [0.29, 0.717) is 39.0 Å². The second kappa shape index (κ2) is 35.0. The molecule has 0 saturated carbocycles. The third-order valence-electron chi connectivity index (χ3n) is 15.2. The summed E-state index contributed by atoms with van der Waals surface area (Å²) in [6.07, 6.45) is 11.1. The van der Waals surface area contributed by atoms with Crippen molar-refractivity contribution in [3.8, 4) is 22.3 Å². The van der Waals surface area contributed by atoms with Crippen LogP contribution >= 0.6 is 0 Å². The monoisotopic (exact) mass is 1160 g/mol. The van der Waals surface area contributed by atoms with Crippen molar-refractivity contribution in [3.05, 3.63) is 191 Å². The van der Waals surface area contributed by atoms with E-state index in [1.54, 1.807) is 0 Å². The Balaban J connectivity index is 0.000000199. The molecule has 6 aromatic rings. The summed E-state index contributed by atoms with van der Waals surface area (Å²) in [5.41, 5.74) is 19.5. The number of rotatable bonds is 30. The molecule has 85 heavy (non-hydrogen) atoms. The Kier molecular flexibility index (Phi) is 26.4. The molecule has 1 fully saturated rings. The molecule has 1 aliphatic heterocycles. The van der Waals surface area contributed by atoms with Gasteiger partial charge in [0.1, 0.15) is 32.5 Å². The van der Waals surface area contributed by atoms with Gasteiger partial charge in [-0.25, -0.2) is 9.59 Å². The predicted molar refractivity (Wildman–Crippen MR) is 322 cm³/mol. The Morgan fingerprint density at radius 3 is 1.29 bits per heavy atom. The first-order chi connectivity index (χ1) is 41.5. The first-order valence-corrected chi connectivity index (χ1v) is 30.0. The summed E-state index contributed by atoms with van der Waals surface area (Å²) in [4.78, 5) is 82.0. The van der Waals surface area contributed by atoms with Crippen LogP contribution in [-0.2, 0) is 65.7 Å². The van der Waals surface area contributed by atoms with Crippen molar-refractivity contribution >= 4 is 41.8 Å². The molecule has 1 saturated heterocycles. The van der Waals surface area contributed by atoms with Gasteiger partial charge in [0.15, 0.2) is 6.04 Å². The van der Waals surface area contributed by atoms with Crippen molar-refractivity contribution in [2.45, 2.75) is 140 Å². The van der Waals surface area contributed by atoms with E-state index in [-0.39, 0.29) is 68.1 Å². The molecule has 16 nitrogen and oxygen atoms in total. The number of ether oxygens (including phenoxy) is 5. The lowest BCUT2D eigenvalue weighted by molar-refractivity contribution is -0.405. The molecule has 16 heteroatoms. The highest BCUT2D eigenvalue weighted by Crippen LogP contribution is 2.46. The van der Waals surface area contributed by atoms with Gasteiger partial charge >= 0.3 is 35.9 Å². The molecular formula is C69H82N4O12+2. The lowest BCUT2D eigenvalue weighted by atomic mass is 9.98. The Morgan fingerprint density at radius 2 is 0.859 bits per heavy atom. The number of cyclic esters (lactones) is 2. The molecule has 3 aliphatic rings. The van der Waals surface area contributed by atoms with E-state index in [4.69, 9.17) is 18.9 Å². The molecule has 2 atom stereocenters. The number of fused-ring (bicyclic) bond motifs is 6. The summed E-state index contributed by atoms with van der Waals surface area (Å²) < 4.78 is 25.9. The van der Waals surface area contributed by atoms with Crippen molar-refractivity contribution in [3.63, 3.8) is 0 Å². The second-order valence-electron chi connectivity index (χ2n) is 21.5. The summed E-state index contributed by atoms with van der Waals surface area (Å²) >= 11 is 0. The van der Waals surface area contributed by atoms with Crippen LogP contribution in [0.2, 0.25) is 0 Å². The fraction of sp³-hybridized carbons (Fsp3) is 0.377. The van der Waals surface area contributed by atoms with Gasteiger partial charge in [-0.05, 0) is 94.2 Å². The molecule has 0 radical (unpaired) electrons. The van der Waals surface area contributed by atoms with Crippen molar-refractivity contribution in [1.82, 2.24) is 10.6 Å². The van der Waals surface area contributed by atoms with E-state index in [2.05, 4.69) is 99.6 Å². The molecule has 0 bridgehead atoms. The number of hydrogen-bond acceptors (Lipinski definition) is 12. The Bertz CT molecular complexity index is 3030. The molecule has 0 unspecified atom stereocenters. The fourth-order valence-corrected chi connectivity index (χ4v) is 10.5. The van der Waals surface area contributed by atoms with Crippen molar-refractivity contribution < 1.29 is 68.7 Å². The van der Waals surface area contributed by atoms with Gasteiger partial charge in [0, 0.05) is 44.1 Å². The summed E-state index contributed by atoms with van der Waals surface area (Å²) in [5.74, 6) is -1.51. The van der Waals surface area contributed by atoms with Crippen molar-refractivity contribution in [2.24, 2.45) is 0 Å². The van der Waals surface area contributed by atoms with Crippen LogP contribution in [0.3, 0.4) is 0 Å². The first-order valence-electron chi connectivity index (χ1n) is 30.0. The smallest absolute Gasteiger partial charge is 0.415 e. The van der Waals surface area contributed by atoms with Crippen LogP contribution in [-0.4, -0.2) is 80.2 Å². The van der Waals surface area contributed by atoms with Gasteiger partial charge in [-0.15, -0.1) is 0 Å². The predicted octanol–water partition coefficient (Wildman–Crippen LogP) is 10.0. The molecule has 0 aromatic heterocycles. The first kappa shape index (κ1) is 64.1. The lowest BCUT2D eigenvalue weighted by Gasteiger charge is -2.14. The minimum atomic E-state index is -0.771. The standard InChI is InChI=1S/C34H40N2O5.C22H27NO2.C13H13NO5/c35-31(20-21-33(38)40-23-25-13-5-4-6-14-25)34(39)36-22-12-3-1-2-7-19-32(37)41-24-30-28-17-10-8-15-26(28)27-16-9-11-18-29(27)30;23-15-9-3-1-2-4-14-22(24)25-16-21-19-12-7-5-10-17(19)18-11-6-8-13-20(18)21;15-11(18-8-9-4-2-1-3-5-9)7-6-10-12(16)19-13(17)14-10/h4-6,8-11,13-18,30-31H,1-3,7,12,19-24,35H2,(H,36,39);5-8,10-13,21H,1-4,9,14-16,23H2;1-5,10H,6-8H2,(H,14,17)/p+2/t31-;;10-/m0.0/s1. The summed E-state index contributed by atoms with van der Waals surface area (Å²) in [7, 11) is 0. The van der Waals surface area contributed by atoms with E-state index >= 15 is 0 Å². The van der Waals surface area contributed by atoms with E-state index in [9.17, 15) is 33.6 Å².